The number of nitrogens with one attached hydrogen (secondary N) is 2. The maximum atomic E-state index is 11.7. The fraction of sp³-hybridized carbons (Fsp3) is 0.455. The van der Waals surface area contributed by atoms with Gasteiger partial charge in [0.2, 0.25) is 0 Å². The highest BCUT2D eigenvalue weighted by Crippen LogP contribution is 2.22. The van der Waals surface area contributed by atoms with Crippen molar-refractivity contribution in [1.29, 1.82) is 0 Å². The van der Waals surface area contributed by atoms with Crippen LogP contribution in [0.1, 0.15) is 16.7 Å². The van der Waals surface area contributed by atoms with Crippen molar-refractivity contribution in [2.45, 2.75) is 20.8 Å². The van der Waals surface area contributed by atoms with Crippen molar-refractivity contribution in [2.24, 2.45) is 5.73 Å². The van der Waals surface area contributed by atoms with E-state index >= 15 is 0 Å². The molecular formula is C11H19N3O2S. The third-order valence-electron chi connectivity index (χ3n) is 2.35. The van der Waals surface area contributed by atoms with Crippen LogP contribution in [0, 0.1) is 20.8 Å². The van der Waals surface area contributed by atoms with Gasteiger partial charge < -0.3 is 5.73 Å². The molecule has 0 aromatic heterocycles. The maximum absolute atomic E-state index is 11.7. The Morgan fingerprint density at radius 1 is 1.18 bits per heavy atom. The third kappa shape index (κ3) is 3.99. The van der Waals surface area contributed by atoms with Crippen LogP contribution in [0.25, 0.3) is 0 Å². The van der Waals surface area contributed by atoms with Gasteiger partial charge in [-0.1, -0.05) is 17.7 Å². The molecular weight excluding hydrogens is 238 g/mol. The van der Waals surface area contributed by atoms with Gasteiger partial charge in [0.15, 0.2) is 0 Å². The first-order chi connectivity index (χ1) is 7.85. The molecule has 17 heavy (non-hydrogen) atoms. The van der Waals surface area contributed by atoms with Crippen LogP contribution in [0.3, 0.4) is 0 Å². The quantitative estimate of drug-likeness (QED) is 0.730. The van der Waals surface area contributed by atoms with E-state index in [-0.39, 0.29) is 13.1 Å². The number of hydrogen-bond acceptors (Lipinski definition) is 3. The van der Waals surface area contributed by atoms with Crippen LogP contribution in [0.2, 0.25) is 0 Å². The van der Waals surface area contributed by atoms with E-state index in [2.05, 4.69) is 9.44 Å². The molecule has 5 nitrogen and oxygen atoms in total. The van der Waals surface area contributed by atoms with Crippen LogP contribution in [0.5, 0.6) is 0 Å². The summed E-state index contributed by atoms with van der Waals surface area (Å²) in [7, 11) is -3.53. The average Bonchev–Trinajstić information content (AvgIpc) is 2.21. The van der Waals surface area contributed by atoms with Crippen LogP contribution in [-0.4, -0.2) is 21.5 Å². The number of anilines is 1. The predicted octanol–water partition coefficient (Wildman–Crippen LogP) is 0.817. The van der Waals surface area contributed by atoms with Gasteiger partial charge >= 0.3 is 0 Å². The zero-order chi connectivity index (χ0) is 13.1. The normalized spacial score (nSPS) is 11.5. The Balaban J connectivity index is 2.96. The highest BCUT2D eigenvalue weighted by molar-refractivity contribution is 7.90. The Kier molecular flexibility index (Phi) is 4.50. The van der Waals surface area contributed by atoms with Gasteiger partial charge in [-0.05, 0) is 31.9 Å². The van der Waals surface area contributed by atoms with E-state index in [0.717, 1.165) is 16.7 Å². The SMILES string of the molecule is Cc1cc(C)c(NS(=O)(=O)NCCN)c(C)c1. The van der Waals surface area contributed by atoms with Gasteiger partial charge in [0.05, 0.1) is 5.69 Å². The van der Waals surface area contributed by atoms with Gasteiger partial charge in [-0.15, -0.1) is 0 Å². The smallest absolute Gasteiger partial charge is 0.299 e. The first kappa shape index (κ1) is 14.0. The molecule has 96 valence electrons. The zero-order valence-corrected chi connectivity index (χ0v) is 11.2. The summed E-state index contributed by atoms with van der Waals surface area (Å²) in [6.45, 7) is 6.22. The Hall–Kier alpha value is -1.11. The summed E-state index contributed by atoms with van der Waals surface area (Å²) in [5, 5.41) is 0. The average molecular weight is 257 g/mol. The fourth-order valence-electron chi connectivity index (χ4n) is 1.70. The van der Waals surface area contributed by atoms with E-state index in [4.69, 9.17) is 5.73 Å². The fourth-order valence-corrected chi connectivity index (χ4v) is 2.75. The minimum Gasteiger partial charge on any atom is -0.329 e. The van der Waals surface area contributed by atoms with Gasteiger partial charge in [0, 0.05) is 13.1 Å². The lowest BCUT2D eigenvalue weighted by atomic mass is 10.1. The largest absolute Gasteiger partial charge is 0.329 e. The summed E-state index contributed by atoms with van der Waals surface area (Å²) < 4.78 is 28.2. The summed E-state index contributed by atoms with van der Waals surface area (Å²) in [4.78, 5) is 0. The molecule has 0 bridgehead atoms. The van der Waals surface area contributed by atoms with Crippen molar-refractivity contribution in [2.75, 3.05) is 17.8 Å². The number of rotatable bonds is 5. The molecule has 6 heteroatoms. The molecule has 0 atom stereocenters. The second-order valence-electron chi connectivity index (χ2n) is 4.06. The zero-order valence-electron chi connectivity index (χ0n) is 10.4. The van der Waals surface area contributed by atoms with Crippen molar-refractivity contribution in [3.8, 4) is 0 Å². The van der Waals surface area contributed by atoms with Gasteiger partial charge in [-0.2, -0.15) is 13.1 Å². The van der Waals surface area contributed by atoms with Crippen molar-refractivity contribution in [3.63, 3.8) is 0 Å². The predicted molar refractivity (Wildman–Crippen MR) is 70.3 cm³/mol. The molecule has 0 heterocycles. The van der Waals surface area contributed by atoms with Gasteiger partial charge in [0.1, 0.15) is 0 Å². The van der Waals surface area contributed by atoms with E-state index in [9.17, 15) is 8.42 Å². The van der Waals surface area contributed by atoms with E-state index < -0.39 is 10.2 Å². The monoisotopic (exact) mass is 257 g/mol. The Morgan fingerprint density at radius 2 is 1.71 bits per heavy atom. The number of benzene rings is 1. The topological polar surface area (TPSA) is 84.2 Å². The molecule has 1 aromatic rings. The molecule has 1 rings (SSSR count). The Labute approximate surface area is 103 Å². The minimum absolute atomic E-state index is 0.222. The standard InChI is InChI=1S/C11H19N3O2S/c1-8-6-9(2)11(10(3)7-8)14-17(15,16)13-5-4-12/h6-7,13-14H,4-5,12H2,1-3H3. The van der Waals surface area contributed by atoms with Crippen LogP contribution in [0.15, 0.2) is 12.1 Å². The Morgan fingerprint density at radius 3 is 2.18 bits per heavy atom. The molecule has 1 aromatic carbocycles. The lowest BCUT2D eigenvalue weighted by Gasteiger charge is -2.14. The first-order valence-corrected chi connectivity index (χ1v) is 6.89. The second-order valence-corrected chi connectivity index (χ2v) is 5.56. The molecule has 0 radical (unpaired) electrons. The minimum atomic E-state index is -3.53. The maximum Gasteiger partial charge on any atom is 0.299 e. The summed E-state index contributed by atoms with van der Waals surface area (Å²) in [5.74, 6) is 0. The number of aryl methyl sites for hydroxylation is 3. The molecule has 0 aliphatic rings. The van der Waals surface area contributed by atoms with Gasteiger partial charge in [-0.25, -0.2) is 0 Å². The highest BCUT2D eigenvalue weighted by atomic mass is 32.2. The van der Waals surface area contributed by atoms with Crippen LogP contribution >= 0.6 is 0 Å². The van der Waals surface area contributed by atoms with Crippen molar-refractivity contribution >= 4 is 15.9 Å². The summed E-state index contributed by atoms with van der Waals surface area (Å²) in [6.07, 6.45) is 0. The molecule has 0 unspecified atom stereocenters. The molecule has 0 amide bonds. The van der Waals surface area contributed by atoms with Crippen molar-refractivity contribution in [3.05, 3.63) is 28.8 Å². The molecule has 0 aliphatic carbocycles. The van der Waals surface area contributed by atoms with E-state index in [1.54, 1.807) is 0 Å². The highest BCUT2D eigenvalue weighted by Gasteiger charge is 2.12. The van der Waals surface area contributed by atoms with E-state index in [0.29, 0.717) is 5.69 Å². The van der Waals surface area contributed by atoms with Crippen LogP contribution < -0.4 is 15.2 Å². The van der Waals surface area contributed by atoms with Crippen molar-refractivity contribution < 1.29 is 8.42 Å². The number of nitrogens with two attached hydrogens (primary N) is 1. The van der Waals surface area contributed by atoms with Crippen LogP contribution in [0.4, 0.5) is 5.69 Å². The first-order valence-electron chi connectivity index (χ1n) is 5.41. The molecule has 4 N–H and O–H groups in total. The molecule has 0 aliphatic heterocycles. The van der Waals surface area contributed by atoms with Gasteiger partial charge in [-0.3, -0.25) is 4.72 Å². The third-order valence-corrected chi connectivity index (χ3v) is 3.41. The van der Waals surface area contributed by atoms with Gasteiger partial charge in [0.25, 0.3) is 10.2 Å². The number of hydrogen-bond donors (Lipinski definition) is 3. The molecule has 0 fully saturated rings. The van der Waals surface area contributed by atoms with E-state index in [1.807, 2.05) is 32.9 Å². The van der Waals surface area contributed by atoms with Crippen molar-refractivity contribution in [1.82, 2.24) is 4.72 Å². The summed E-state index contributed by atoms with van der Waals surface area (Å²) in [6, 6.07) is 3.88. The van der Waals surface area contributed by atoms with E-state index in [1.165, 1.54) is 0 Å². The lowest BCUT2D eigenvalue weighted by molar-refractivity contribution is 0.587. The Bertz CT molecular complexity index is 474. The summed E-state index contributed by atoms with van der Waals surface area (Å²) in [5.41, 5.74) is 8.79. The summed E-state index contributed by atoms with van der Waals surface area (Å²) >= 11 is 0. The molecule has 0 saturated heterocycles. The lowest BCUT2D eigenvalue weighted by Crippen LogP contribution is -2.34. The van der Waals surface area contributed by atoms with Crippen LogP contribution in [-0.2, 0) is 10.2 Å². The molecule has 0 saturated carbocycles. The molecule has 0 spiro atoms. The second kappa shape index (κ2) is 5.48.